The summed E-state index contributed by atoms with van der Waals surface area (Å²) in [4.78, 5) is 11.3. The number of nitrogens with zero attached hydrogens (tertiary/aromatic N) is 4. The molecule has 0 amide bonds. The van der Waals surface area contributed by atoms with Crippen LogP contribution in [0, 0.1) is 6.92 Å². The second kappa shape index (κ2) is 10.0. The first-order valence-corrected chi connectivity index (χ1v) is 12.5. The van der Waals surface area contributed by atoms with Crippen molar-refractivity contribution in [2.45, 2.75) is 11.8 Å². The van der Waals surface area contributed by atoms with Gasteiger partial charge in [0.1, 0.15) is 22.2 Å². The molecule has 11 heteroatoms. The maximum absolute atomic E-state index is 13.2. The molecule has 1 aromatic heterocycles. The normalized spacial score (nSPS) is 14.6. The summed E-state index contributed by atoms with van der Waals surface area (Å²) in [5.41, 5.74) is 1.68. The number of aromatic nitrogens is 2. The summed E-state index contributed by atoms with van der Waals surface area (Å²) in [7, 11) is -0.701. The summed E-state index contributed by atoms with van der Waals surface area (Å²) in [6.45, 7) is 3.38. The Morgan fingerprint density at radius 2 is 1.65 bits per heavy atom. The molecule has 1 aliphatic heterocycles. The van der Waals surface area contributed by atoms with E-state index in [-0.39, 0.29) is 23.7 Å². The van der Waals surface area contributed by atoms with Crippen molar-refractivity contribution < 1.29 is 17.9 Å². The van der Waals surface area contributed by atoms with E-state index in [1.807, 2.05) is 42.2 Å². The largest absolute Gasteiger partial charge is 0.497 e. The third kappa shape index (κ3) is 5.19. The van der Waals surface area contributed by atoms with Gasteiger partial charge in [0.25, 0.3) is 0 Å². The monoisotopic (exact) mass is 503 g/mol. The summed E-state index contributed by atoms with van der Waals surface area (Å²) >= 11 is 6.05. The van der Waals surface area contributed by atoms with Crippen LogP contribution in [0.15, 0.2) is 53.4 Å². The molecular formula is C23H26ClN5O4S. The summed E-state index contributed by atoms with van der Waals surface area (Å²) in [6.07, 6.45) is 0. The van der Waals surface area contributed by atoms with Gasteiger partial charge in [0.05, 0.1) is 14.2 Å². The van der Waals surface area contributed by atoms with E-state index >= 15 is 0 Å². The Hall–Kier alpha value is -3.08. The van der Waals surface area contributed by atoms with Gasteiger partial charge in [-0.25, -0.2) is 13.4 Å². The number of rotatable bonds is 7. The lowest BCUT2D eigenvalue weighted by Gasteiger charge is -2.34. The van der Waals surface area contributed by atoms with Gasteiger partial charge in [-0.3, -0.25) is 0 Å². The third-order valence-corrected chi connectivity index (χ3v) is 7.62. The number of aryl methyl sites for hydroxylation is 1. The highest BCUT2D eigenvalue weighted by Gasteiger charge is 2.32. The maximum Gasteiger partial charge on any atom is 0.246 e. The molecule has 34 heavy (non-hydrogen) atoms. The fourth-order valence-corrected chi connectivity index (χ4v) is 5.54. The Balaban J connectivity index is 1.48. The van der Waals surface area contributed by atoms with Gasteiger partial charge >= 0.3 is 0 Å². The van der Waals surface area contributed by atoms with E-state index in [4.69, 9.17) is 21.1 Å². The number of hydrogen-bond acceptors (Lipinski definition) is 8. The van der Waals surface area contributed by atoms with Gasteiger partial charge in [-0.1, -0.05) is 11.6 Å². The molecule has 180 valence electrons. The number of piperazine rings is 1. The lowest BCUT2D eigenvalue weighted by molar-refractivity contribution is 0.372. The second-order valence-electron chi connectivity index (χ2n) is 7.73. The molecule has 0 unspecified atom stereocenters. The summed E-state index contributed by atoms with van der Waals surface area (Å²) < 4.78 is 38.4. The van der Waals surface area contributed by atoms with E-state index in [1.165, 1.54) is 17.5 Å². The topological polar surface area (TPSA) is 96.9 Å². The number of ether oxygens (including phenoxy) is 2. The van der Waals surface area contributed by atoms with Crippen LogP contribution in [0.4, 0.5) is 17.5 Å². The van der Waals surface area contributed by atoms with Crippen LogP contribution >= 0.6 is 11.6 Å². The average Bonchev–Trinajstić information content (AvgIpc) is 2.84. The molecule has 0 saturated carbocycles. The predicted molar refractivity (Wildman–Crippen MR) is 132 cm³/mol. The molecule has 2 heterocycles. The lowest BCUT2D eigenvalue weighted by atomic mass is 10.3. The van der Waals surface area contributed by atoms with Crippen molar-refractivity contribution in [3.05, 3.63) is 59.2 Å². The number of nitrogens with one attached hydrogen (secondary N) is 1. The number of sulfonamides is 1. The lowest BCUT2D eigenvalue weighted by Crippen LogP contribution is -2.49. The Kier molecular flexibility index (Phi) is 7.11. The van der Waals surface area contributed by atoms with Crippen molar-refractivity contribution in [2.24, 2.45) is 0 Å². The Morgan fingerprint density at radius 3 is 2.29 bits per heavy atom. The van der Waals surface area contributed by atoms with Crippen LogP contribution in [-0.2, 0) is 10.0 Å². The molecular weight excluding hydrogens is 478 g/mol. The van der Waals surface area contributed by atoms with E-state index in [0.29, 0.717) is 29.9 Å². The Morgan fingerprint density at radius 1 is 0.941 bits per heavy atom. The van der Waals surface area contributed by atoms with Gasteiger partial charge in [0.15, 0.2) is 0 Å². The van der Waals surface area contributed by atoms with E-state index in [2.05, 4.69) is 15.3 Å². The van der Waals surface area contributed by atoms with Crippen molar-refractivity contribution in [2.75, 3.05) is 50.6 Å². The summed E-state index contributed by atoms with van der Waals surface area (Å²) in [5, 5.41) is 3.62. The SMILES string of the molecule is COc1ccc(Nc2cc(C)nc(N3CCN(S(=O)(=O)c4cc(Cl)ccc4OC)CC3)n2)cc1. The molecule has 1 N–H and O–H groups in total. The van der Waals surface area contributed by atoms with Gasteiger partial charge in [0.2, 0.25) is 16.0 Å². The minimum absolute atomic E-state index is 0.0636. The van der Waals surface area contributed by atoms with Gasteiger partial charge < -0.3 is 19.7 Å². The number of benzene rings is 2. The van der Waals surface area contributed by atoms with Crippen LogP contribution in [0.5, 0.6) is 11.5 Å². The molecule has 0 spiro atoms. The van der Waals surface area contributed by atoms with Crippen LogP contribution in [0.3, 0.4) is 0 Å². The zero-order valence-corrected chi connectivity index (χ0v) is 20.7. The second-order valence-corrected chi connectivity index (χ2v) is 10.1. The van der Waals surface area contributed by atoms with E-state index in [1.54, 1.807) is 19.2 Å². The maximum atomic E-state index is 13.2. The van der Waals surface area contributed by atoms with Gasteiger partial charge in [-0.05, 0) is 49.4 Å². The fraction of sp³-hybridized carbons (Fsp3) is 0.304. The Labute approximate surface area is 204 Å². The van der Waals surface area contributed by atoms with Gasteiger partial charge in [-0.2, -0.15) is 9.29 Å². The molecule has 1 aliphatic rings. The highest BCUT2D eigenvalue weighted by molar-refractivity contribution is 7.89. The molecule has 0 atom stereocenters. The Bertz CT molecular complexity index is 1260. The quantitative estimate of drug-likeness (QED) is 0.521. The van der Waals surface area contributed by atoms with Gasteiger partial charge in [0, 0.05) is 48.6 Å². The van der Waals surface area contributed by atoms with Crippen LogP contribution in [0.25, 0.3) is 0 Å². The zero-order valence-electron chi connectivity index (χ0n) is 19.2. The first kappa shape index (κ1) is 24.1. The molecule has 2 aromatic carbocycles. The molecule has 0 radical (unpaired) electrons. The molecule has 0 aliphatic carbocycles. The number of anilines is 3. The first-order valence-electron chi connectivity index (χ1n) is 10.7. The number of methoxy groups -OCH3 is 2. The van der Waals surface area contributed by atoms with Crippen LogP contribution in [-0.4, -0.2) is 63.1 Å². The van der Waals surface area contributed by atoms with E-state index < -0.39 is 10.0 Å². The van der Waals surface area contributed by atoms with Crippen molar-refractivity contribution in [1.82, 2.24) is 14.3 Å². The zero-order chi connectivity index (χ0) is 24.3. The highest BCUT2D eigenvalue weighted by Crippen LogP contribution is 2.30. The van der Waals surface area contributed by atoms with E-state index in [9.17, 15) is 8.42 Å². The molecule has 9 nitrogen and oxygen atoms in total. The summed E-state index contributed by atoms with van der Waals surface area (Å²) in [5.74, 6) is 2.25. The smallest absolute Gasteiger partial charge is 0.246 e. The minimum Gasteiger partial charge on any atom is -0.497 e. The molecule has 1 saturated heterocycles. The first-order chi connectivity index (χ1) is 16.3. The van der Waals surface area contributed by atoms with Crippen molar-refractivity contribution >= 4 is 39.1 Å². The van der Waals surface area contributed by atoms with Crippen molar-refractivity contribution in [1.29, 1.82) is 0 Å². The molecule has 4 rings (SSSR count). The van der Waals surface area contributed by atoms with Crippen LogP contribution in [0.1, 0.15) is 5.69 Å². The molecule has 0 bridgehead atoms. The van der Waals surface area contributed by atoms with Crippen molar-refractivity contribution in [3.8, 4) is 11.5 Å². The average molecular weight is 504 g/mol. The third-order valence-electron chi connectivity index (χ3n) is 5.47. The highest BCUT2D eigenvalue weighted by atomic mass is 35.5. The number of halogens is 1. The van der Waals surface area contributed by atoms with Crippen LogP contribution < -0.4 is 19.7 Å². The van der Waals surface area contributed by atoms with Crippen molar-refractivity contribution in [3.63, 3.8) is 0 Å². The minimum atomic E-state index is -3.76. The molecule has 1 fully saturated rings. The fourth-order valence-electron chi connectivity index (χ4n) is 3.70. The number of hydrogen-bond donors (Lipinski definition) is 1. The standard InChI is InChI=1S/C23H26ClN5O4S/c1-16-14-22(26-18-5-7-19(32-2)8-6-18)27-23(25-16)28-10-12-29(13-11-28)34(30,31)21-15-17(24)4-9-20(21)33-3/h4-9,14-15H,10-13H2,1-3H3,(H,25,26,27). The predicted octanol–water partition coefficient (Wildman–Crippen LogP) is 3.71. The van der Waals surface area contributed by atoms with Gasteiger partial charge in [-0.15, -0.1) is 0 Å². The summed E-state index contributed by atoms with van der Waals surface area (Å²) in [6, 6.07) is 14.0. The molecule has 3 aromatic rings. The van der Waals surface area contributed by atoms with E-state index in [0.717, 1.165) is 17.1 Å². The van der Waals surface area contributed by atoms with Crippen LogP contribution in [0.2, 0.25) is 5.02 Å².